The monoisotopic (exact) mass is 392 g/mol. The van der Waals surface area contributed by atoms with Crippen molar-refractivity contribution in [3.05, 3.63) is 53.1 Å². The number of carboxylic acid groups (broad SMARTS) is 1. The van der Waals surface area contributed by atoms with Crippen LogP contribution in [-0.4, -0.2) is 27.4 Å². The van der Waals surface area contributed by atoms with E-state index in [1.807, 2.05) is 18.2 Å². The lowest BCUT2D eigenvalue weighted by Crippen LogP contribution is -2.44. The molecule has 5 rings (SSSR count). The molecule has 2 aromatic carbocycles. The number of rotatable bonds is 2. The lowest BCUT2D eigenvalue weighted by molar-refractivity contribution is -0.0225. The third kappa shape index (κ3) is 2.72. The second-order valence-corrected chi connectivity index (χ2v) is 9.47. The van der Waals surface area contributed by atoms with E-state index in [1.54, 1.807) is 18.2 Å². The Labute approximate surface area is 171 Å². The number of carbonyl (C=O) groups is 1. The van der Waals surface area contributed by atoms with Crippen molar-refractivity contribution in [1.82, 2.24) is 0 Å². The average molecular weight is 392 g/mol. The average Bonchev–Trinajstić information content (AvgIpc) is 3.01. The molecule has 2 saturated carbocycles. The minimum atomic E-state index is -0.944. The van der Waals surface area contributed by atoms with Crippen LogP contribution in [0, 0.1) is 17.3 Å². The second kappa shape index (κ2) is 6.60. The summed E-state index contributed by atoms with van der Waals surface area (Å²) in [6.07, 6.45) is 5.75. The van der Waals surface area contributed by atoms with Gasteiger partial charge in [-0.1, -0.05) is 25.1 Å². The van der Waals surface area contributed by atoms with Gasteiger partial charge in [-0.25, -0.2) is 4.79 Å². The van der Waals surface area contributed by atoms with E-state index in [0.29, 0.717) is 23.3 Å². The first-order chi connectivity index (χ1) is 13.9. The van der Waals surface area contributed by atoms with Crippen LogP contribution < -0.4 is 0 Å². The number of phenols is 1. The van der Waals surface area contributed by atoms with E-state index in [-0.39, 0.29) is 22.8 Å². The first kappa shape index (κ1) is 18.7. The van der Waals surface area contributed by atoms with E-state index in [4.69, 9.17) is 0 Å². The van der Waals surface area contributed by atoms with Gasteiger partial charge in [-0.3, -0.25) is 0 Å². The van der Waals surface area contributed by atoms with Gasteiger partial charge in [0.25, 0.3) is 0 Å². The molecule has 0 saturated heterocycles. The third-order valence-corrected chi connectivity index (χ3v) is 8.20. The van der Waals surface area contributed by atoms with Crippen molar-refractivity contribution in [2.24, 2.45) is 17.3 Å². The summed E-state index contributed by atoms with van der Waals surface area (Å²) in [5, 5.41) is 30.8. The maximum absolute atomic E-state index is 11.9. The molecule has 152 valence electrons. The van der Waals surface area contributed by atoms with Crippen LogP contribution >= 0.6 is 0 Å². The minimum Gasteiger partial charge on any atom is -0.508 e. The SMILES string of the molecule is C[C@]12CC[C@@H]3c4c(cc(O)cc4-c4ccccc4C(=O)O)CC[C@H]3[C@@H]1CC[C@H]2O. The van der Waals surface area contributed by atoms with Gasteiger partial charge in [0.15, 0.2) is 0 Å². The first-order valence-electron chi connectivity index (χ1n) is 10.8. The highest BCUT2D eigenvalue weighted by atomic mass is 16.4. The van der Waals surface area contributed by atoms with E-state index >= 15 is 0 Å². The van der Waals surface area contributed by atoms with E-state index < -0.39 is 5.97 Å². The molecule has 0 heterocycles. The number of aliphatic hydroxyl groups is 1. The number of carboxylic acids is 1. The Morgan fingerprint density at radius 3 is 2.66 bits per heavy atom. The largest absolute Gasteiger partial charge is 0.508 e. The lowest BCUT2D eigenvalue weighted by atomic mass is 9.55. The highest BCUT2D eigenvalue weighted by Gasteiger charge is 2.54. The fraction of sp³-hybridized carbons (Fsp3) is 0.480. The summed E-state index contributed by atoms with van der Waals surface area (Å²) in [5.74, 6) is 0.647. The van der Waals surface area contributed by atoms with Crippen LogP contribution in [0.5, 0.6) is 5.75 Å². The van der Waals surface area contributed by atoms with Crippen LogP contribution in [0.2, 0.25) is 0 Å². The molecule has 0 unspecified atom stereocenters. The molecule has 0 amide bonds. The highest BCUT2D eigenvalue weighted by molar-refractivity contribution is 5.97. The van der Waals surface area contributed by atoms with Gasteiger partial charge in [0, 0.05) is 0 Å². The summed E-state index contributed by atoms with van der Waals surface area (Å²) in [6, 6.07) is 10.7. The smallest absolute Gasteiger partial charge is 0.336 e. The van der Waals surface area contributed by atoms with Crippen LogP contribution in [0.3, 0.4) is 0 Å². The number of aryl methyl sites for hydroxylation is 1. The van der Waals surface area contributed by atoms with E-state index in [9.17, 15) is 20.1 Å². The molecule has 0 radical (unpaired) electrons. The van der Waals surface area contributed by atoms with E-state index in [1.165, 1.54) is 5.56 Å². The van der Waals surface area contributed by atoms with Crippen molar-refractivity contribution in [3.8, 4) is 16.9 Å². The standard InChI is InChI=1S/C25H28O4/c1-25-11-10-18-17(21(25)8-9-22(25)27)7-6-14-12-15(26)13-20(23(14)18)16-4-2-3-5-19(16)24(28)29/h2-5,12-13,17-18,21-22,26-27H,6-11H2,1H3,(H,28,29)/t17-,18+,21+,22-,25+/m1/s1. The van der Waals surface area contributed by atoms with Gasteiger partial charge in [0.2, 0.25) is 0 Å². The predicted molar refractivity (Wildman–Crippen MR) is 111 cm³/mol. The molecule has 0 spiro atoms. The molecule has 2 aromatic rings. The fourth-order valence-electron chi connectivity index (χ4n) is 6.81. The number of hydrogen-bond donors (Lipinski definition) is 3. The molecule has 4 nitrogen and oxygen atoms in total. The Morgan fingerprint density at radius 1 is 1.07 bits per heavy atom. The van der Waals surface area contributed by atoms with Crippen LogP contribution in [0.15, 0.2) is 36.4 Å². The topological polar surface area (TPSA) is 77.8 Å². The van der Waals surface area contributed by atoms with Crippen LogP contribution in [0.4, 0.5) is 0 Å². The molecule has 3 aliphatic carbocycles. The molecular formula is C25H28O4. The summed E-state index contributed by atoms with van der Waals surface area (Å²) < 4.78 is 0. The van der Waals surface area contributed by atoms with Gasteiger partial charge in [-0.05, 0) is 102 Å². The van der Waals surface area contributed by atoms with Crippen molar-refractivity contribution in [2.75, 3.05) is 0 Å². The predicted octanol–water partition coefficient (Wildman–Crippen LogP) is 4.97. The summed E-state index contributed by atoms with van der Waals surface area (Å²) in [5.41, 5.74) is 4.23. The fourth-order valence-corrected chi connectivity index (χ4v) is 6.81. The zero-order chi connectivity index (χ0) is 20.3. The molecule has 3 aliphatic rings. The van der Waals surface area contributed by atoms with Gasteiger partial charge in [0.1, 0.15) is 5.75 Å². The van der Waals surface area contributed by atoms with Crippen molar-refractivity contribution >= 4 is 5.97 Å². The summed E-state index contributed by atoms with van der Waals surface area (Å²) in [6.45, 7) is 2.26. The minimum absolute atomic E-state index is 0.00866. The first-order valence-corrected chi connectivity index (χ1v) is 10.8. The summed E-state index contributed by atoms with van der Waals surface area (Å²) in [4.78, 5) is 11.9. The normalized spacial score (nSPS) is 32.9. The van der Waals surface area contributed by atoms with Crippen molar-refractivity contribution in [1.29, 1.82) is 0 Å². The quantitative estimate of drug-likeness (QED) is 0.674. The Balaban J connectivity index is 1.66. The summed E-state index contributed by atoms with van der Waals surface area (Å²) >= 11 is 0. The number of phenolic OH excluding ortho intramolecular Hbond substituents is 1. The second-order valence-electron chi connectivity index (χ2n) is 9.47. The lowest BCUT2D eigenvalue weighted by Gasteiger charge is -2.50. The molecule has 3 N–H and O–H groups in total. The van der Waals surface area contributed by atoms with E-state index in [0.717, 1.165) is 49.7 Å². The van der Waals surface area contributed by atoms with Gasteiger partial charge < -0.3 is 15.3 Å². The molecule has 0 aromatic heterocycles. The van der Waals surface area contributed by atoms with Crippen LogP contribution in [0.25, 0.3) is 11.1 Å². The van der Waals surface area contributed by atoms with Crippen LogP contribution in [0.1, 0.15) is 66.4 Å². The summed E-state index contributed by atoms with van der Waals surface area (Å²) in [7, 11) is 0. The molecule has 0 bridgehead atoms. The molecule has 0 aliphatic heterocycles. The van der Waals surface area contributed by atoms with Gasteiger partial charge >= 0.3 is 5.97 Å². The Hall–Kier alpha value is -2.33. The van der Waals surface area contributed by atoms with Crippen molar-refractivity contribution in [2.45, 2.75) is 57.5 Å². The van der Waals surface area contributed by atoms with Gasteiger partial charge in [-0.15, -0.1) is 0 Å². The maximum Gasteiger partial charge on any atom is 0.336 e. The molecule has 2 fully saturated rings. The zero-order valence-electron chi connectivity index (χ0n) is 16.8. The Bertz CT molecular complexity index is 981. The third-order valence-electron chi connectivity index (χ3n) is 8.20. The molecule has 5 atom stereocenters. The number of hydrogen-bond acceptors (Lipinski definition) is 3. The van der Waals surface area contributed by atoms with E-state index in [2.05, 4.69) is 6.92 Å². The van der Waals surface area contributed by atoms with Crippen LogP contribution in [-0.2, 0) is 6.42 Å². The van der Waals surface area contributed by atoms with Crippen molar-refractivity contribution in [3.63, 3.8) is 0 Å². The van der Waals surface area contributed by atoms with Gasteiger partial charge in [0.05, 0.1) is 11.7 Å². The number of fused-ring (bicyclic) bond motifs is 5. The number of aliphatic hydroxyl groups excluding tert-OH is 1. The van der Waals surface area contributed by atoms with Crippen molar-refractivity contribution < 1.29 is 20.1 Å². The highest BCUT2D eigenvalue weighted by Crippen LogP contribution is 2.62. The number of aromatic carboxylic acids is 1. The molecular weight excluding hydrogens is 364 g/mol. The van der Waals surface area contributed by atoms with Gasteiger partial charge in [-0.2, -0.15) is 0 Å². The molecule has 4 heteroatoms. The Morgan fingerprint density at radius 2 is 1.86 bits per heavy atom. The number of aromatic hydroxyl groups is 1. The maximum atomic E-state index is 11.9. The zero-order valence-corrected chi connectivity index (χ0v) is 16.8. The number of benzene rings is 2. The Kier molecular flexibility index (Phi) is 4.25. The molecule has 29 heavy (non-hydrogen) atoms.